The number of carbonyl (C=O) groups excluding carboxylic acids is 1. The molecular formula is C33H39FN8O5. The summed E-state index contributed by atoms with van der Waals surface area (Å²) in [7, 11) is 0. The van der Waals surface area contributed by atoms with Crippen molar-refractivity contribution in [3.05, 3.63) is 71.3 Å². The fourth-order valence-corrected chi connectivity index (χ4v) is 5.97. The monoisotopic (exact) mass is 646 g/mol. The van der Waals surface area contributed by atoms with Crippen LogP contribution in [0.4, 0.5) is 16.0 Å². The minimum absolute atomic E-state index is 0.0161. The number of aromatic nitrogens is 2. The zero-order valence-corrected chi connectivity index (χ0v) is 26.6. The fourth-order valence-electron chi connectivity index (χ4n) is 5.97. The van der Waals surface area contributed by atoms with Gasteiger partial charge < -0.3 is 25.1 Å². The van der Waals surface area contributed by atoms with E-state index in [1.54, 1.807) is 25.1 Å². The molecule has 1 aromatic heterocycles. The van der Waals surface area contributed by atoms with Crippen molar-refractivity contribution in [1.82, 2.24) is 25.1 Å². The summed E-state index contributed by atoms with van der Waals surface area (Å²) >= 11 is 0. The summed E-state index contributed by atoms with van der Waals surface area (Å²) in [5.74, 6) is 0.892. The van der Waals surface area contributed by atoms with Gasteiger partial charge in [0.2, 0.25) is 11.9 Å². The maximum absolute atomic E-state index is 13.5. The van der Waals surface area contributed by atoms with Gasteiger partial charge in [-0.25, -0.2) is 19.4 Å². The highest BCUT2D eigenvalue weighted by Crippen LogP contribution is 2.44. The van der Waals surface area contributed by atoms with Crippen LogP contribution in [0.2, 0.25) is 0 Å². The van der Waals surface area contributed by atoms with Crippen LogP contribution in [-0.2, 0) is 11.2 Å². The molecule has 0 bridgehead atoms. The van der Waals surface area contributed by atoms with Gasteiger partial charge in [0.25, 0.3) is 5.91 Å². The number of hydrogen-bond donors (Lipinski definition) is 3. The van der Waals surface area contributed by atoms with E-state index >= 15 is 0 Å². The quantitative estimate of drug-likeness (QED) is 0.299. The topological polar surface area (TPSA) is 160 Å². The molecule has 1 unspecified atom stereocenters. The van der Waals surface area contributed by atoms with Gasteiger partial charge in [0.1, 0.15) is 29.5 Å². The number of carbonyl (C=O) groups is 1. The molecule has 1 saturated heterocycles. The number of aliphatic hydroxyl groups is 1. The largest absolute Gasteiger partial charge is 0.487 e. The molecule has 47 heavy (non-hydrogen) atoms. The molecule has 6 rings (SSSR count). The minimum atomic E-state index is -1.19. The van der Waals surface area contributed by atoms with E-state index in [-0.39, 0.29) is 48.7 Å². The van der Waals surface area contributed by atoms with Gasteiger partial charge in [-0.05, 0) is 50.6 Å². The molecule has 3 aromatic rings. The van der Waals surface area contributed by atoms with E-state index in [9.17, 15) is 14.3 Å². The van der Waals surface area contributed by atoms with Crippen LogP contribution in [0.5, 0.6) is 11.5 Å². The average molecular weight is 647 g/mol. The first-order valence-electron chi connectivity index (χ1n) is 15.6. The van der Waals surface area contributed by atoms with Gasteiger partial charge in [-0.1, -0.05) is 12.1 Å². The normalized spacial score (nSPS) is 20.4. The van der Waals surface area contributed by atoms with E-state index in [1.165, 1.54) is 24.5 Å². The number of halogens is 1. The summed E-state index contributed by atoms with van der Waals surface area (Å²) in [4.78, 5) is 34.5. The van der Waals surface area contributed by atoms with E-state index in [0.717, 1.165) is 5.56 Å². The Morgan fingerprint density at radius 1 is 1.13 bits per heavy atom. The maximum atomic E-state index is 13.5. The highest BCUT2D eigenvalue weighted by molar-refractivity contribution is 6.20. The van der Waals surface area contributed by atoms with Crippen molar-refractivity contribution in [2.75, 3.05) is 51.7 Å². The summed E-state index contributed by atoms with van der Waals surface area (Å²) in [5.41, 5.74) is 6.65. The molecule has 4 heterocycles. The number of amides is 1. The second-order valence-corrected chi connectivity index (χ2v) is 12.3. The highest BCUT2D eigenvalue weighted by atomic mass is 19.1. The van der Waals surface area contributed by atoms with Crippen LogP contribution in [0.15, 0.2) is 58.8 Å². The first-order valence-corrected chi connectivity index (χ1v) is 15.6. The Labute approximate surface area is 272 Å². The number of nitrogens with two attached hydrogens (primary N) is 1. The minimum Gasteiger partial charge on any atom is -0.487 e. The third-order valence-electron chi connectivity index (χ3n) is 7.96. The predicted octanol–water partition coefficient (Wildman–Crippen LogP) is 2.55. The number of aliphatic imine (C=N–C) groups is 2. The van der Waals surface area contributed by atoms with Crippen LogP contribution < -0.4 is 20.5 Å². The molecule has 3 aliphatic heterocycles. The number of nitrogen functional groups attached to an aromatic ring is 1. The zero-order chi connectivity index (χ0) is 33.1. The number of β-amino-alcohol motifs (C(OH)–C–C–N with tert-alkyl or cyclic N) is 1. The van der Waals surface area contributed by atoms with Crippen LogP contribution >= 0.6 is 0 Å². The number of fused-ring (bicyclic) bond motifs is 3. The van der Waals surface area contributed by atoms with Crippen LogP contribution in [0, 0.1) is 5.82 Å². The van der Waals surface area contributed by atoms with Crippen molar-refractivity contribution < 1.29 is 28.5 Å². The lowest BCUT2D eigenvalue weighted by Gasteiger charge is -2.39. The number of rotatable bonds is 10. The van der Waals surface area contributed by atoms with Gasteiger partial charge >= 0.3 is 0 Å². The van der Waals surface area contributed by atoms with Crippen molar-refractivity contribution >= 4 is 29.3 Å². The molecule has 0 saturated carbocycles. The second-order valence-electron chi connectivity index (χ2n) is 12.3. The Kier molecular flexibility index (Phi) is 9.34. The molecule has 248 valence electrons. The van der Waals surface area contributed by atoms with E-state index in [0.29, 0.717) is 67.7 Å². The van der Waals surface area contributed by atoms with E-state index in [2.05, 4.69) is 20.2 Å². The molecule has 1 amide bonds. The summed E-state index contributed by atoms with van der Waals surface area (Å²) in [6.45, 7) is 8.84. The first-order chi connectivity index (χ1) is 22.5. The standard InChI is InChI=1S/C33H39FN8O5/c1-20-16-41(17-21(2)47-20)18-33(3,44)19-46-26-9-8-25-27(28(26)45-13-10-22-4-6-24(34)7-5-22)39-32(42-12-11-36-29(25)42)40-30(43)23-14-37-31(35)38-15-23/h4-9,14-15,20-21,44H,10-13,16-19H2,1-3H3,(H2,35,37,38)(H,39,40,43)/t20-,21+,33?. The van der Waals surface area contributed by atoms with Crippen molar-refractivity contribution in [1.29, 1.82) is 0 Å². The van der Waals surface area contributed by atoms with Gasteiger partial charge in [-0.15, -0.1) is 0 Å². The lowest BCUT2D eigenvalue weighted by atomic mass is 10.1. The molecule has 13 nitrogen and oxygen atoms in total. The van der Waals surface area contributed by atoms with Crippen LogP contribution in [0.3, 0.4) is 0 Å². The number of nitrogens with zero attached hydrogens (tertiary/aromatic N) is 6. The maximum Gasteiger partial charge on any atom is 0.261 e. The van der Waals surface area contributed by atoms with Gasteiger partial charge in [0.15, 0.2) is 11.5 Å². The van der Waals surface area contributed by atoms with E-state index < -0.39 is 11.5 Å². The Balaban J connectivity index is 1.28. The van der Waals surface area contributed by atoms with Crippen LogP contribution in [-0.4, -0.2) is 106 Å². The van der Waals surface area contributed by atoms with Crippen molar-refractivity contribution in [2.45, 2.75) is 45.0 Å². The molecule has 3 aliphatic rings. The van der Waals surface area contributed by atoms with Crippen molar-refractivity contribution in [3.8, 4) is 11.5 Å². The second kappa shape index (κ2) is 13.6. The zero-order valence-electron chi connectivity index (χ0n) is 26.6. The molecular weight excluding hydrogens is 607 g/mol. The van der Waals surface area contributed by atoms with Crippen molar-refractivity contribution in [3.63, 3.8) is 0 Å². The molecule has 1 fully saturated rings. The van der Waals surface area contributed by atoms with Crippen LogP contribution in [0.1, 0.15) is 42.3 Å². The van der Waals surface area contributed by atoms with Gasteiger partial charge in [-0.2, -0.15) is 0 Å². The molecule has 2 aromatic carbocycles. The molecule has 4 N–H and O–H groups in total. The average Bonchev–Trinajstić information content (AvgIpc) is 3.52. The number of guanidine groups is 1. The Morgan fingerprint density at radius 2 is 1.85 bits per heavy atom. The number of amidine groups is 1. The van der Waals surface area contributed by atoms with E-state index in [1.807, 2.05) is 24.8 Å². The van der Waals surface area contributed by atoms with Gasteiger partial charge in [0.05, 0.1) is 30.9 Å². The summed E-state index contributed by atoms with van der Waals surface area (Å²) in [5, 5.41) is 14.2. The Hall–Kier alpha value is -4.66. The summed E-state index contributed by atoms with van der Waals surface area (Å²) in [6.07, 6.45) is 3.31. The van der Waals surface area contributed by atoms with E-state index in [4.69, 9.17) is 29.9 Å². The molecule has 0 radical (unpaired) electrons. The first kappa shape index (κ1) is 32.3. The predicted molar refractivity (Wildman–Crippen MR) is 174 cm³/mol. The highest BCUT2D eigenvalue weighted by Gasteiger charge is 2.35. The molecule has 0 aliphatic carbocycles. The number of morpholine rings is 1. The van der Waals surface area contributed by atoms with Gasteiger partial charge in [-0.3, -0.25) is 24.9 Å². The summed E-state index contributed by atoms with van der Waals surface area (Å²) < 4.78 is 32.0. The number of benzene rings is 2. The molecule has 14 heteroatoms. The lowest BCUT2D eigenvalue weighted by Crippen LogP contribution is -2.52. The molecule has 0 spiro atoms. The van der Waals surface area contributed by atoms with Gasteiger partial charge in [0, 0.05) is 50.6 Å². The number of nitrogens with one attached hydrogen (secondary N) is 1. The SMILES string of the molecule is C[C@@H]1CN(CC(C)(O)COc2ccc3c(c2OCCc2ccc(F)cc2)N=C(NC(=O)c2cnc(N)nc2)N2CCN=C32)C[C@H](C)O1. The number of hydrogen-bond acceptors (Lipinski definition) is 12. The fraction of sp³-hybridized carbons (Fsp3) is 0.424. The Bertz CT molecular complexity index is 1650. The summed E-state index contributed by atoms with van der Waals surface area (Å²) in [6, 6.07) is 9.86. The lowest BCUT2D eigenvalue weighted by molar-refractivity contribution is -0.0952. The smallest absolute Gasteiger partial charge is 0.261 e. The third-order valence-corrected chi connectivity index (χ3v) is 7.96. The Morgan fingerprint density at radius 3 is 2.57 bits per heavy atom. The number of anilines is 1. The number of ether oxygens (including phenoxy) is 3. The third kappa shape index (κ3) is 7.67. The van der Waals surface area contributed by atoms with Crippen LogP contribution in [0.25, 0.3) is 0 Å². The van der Waals surface area contributed by atoms with Crippen molar-refractivity contribution in [2.24, 2.45) is 9.98 Å². The molecule has 3 atom stereocenters.